The van der Waals surface area contributed by atoms with Crippen LogP contribution in [0.4, 0.5) is 0 Å². The van der Waals surface area contributed by atoms with Crippen LogP contribution in [0.5, 0.6) is 0 Å². The number of nitrogens with zero attached hydrogens (tertiary/aromatic N) is 1. The van der Waals surface area contributed by atoms with Gasteiger partial charge in [-0.05, 0) is 43.3 Å². The number of hydrogen-bond acceptors (Lipinski definition) is 2. The Morgan fingerprint density at radius 1 is 1.18 bits per heavy atom. The molecule has 2 nitrogen and oxygen atoms in total. The molecule has 0 saturated carbocycles. The molecule has 0 saturated heterocycles. The second-order valence-electron chi connectivity index (χ2n) is 3.95. The van der Waals surface area contributed by atoms with Gasteiger partial charge in [0.2, 0.25) is 0 Å². The highest BCUT2D eigenvalue weighted by molar-refractivity contribution is 6.30. The van der Waals surface area contributed by atoms with E-state index in [4.69, 9.17) is 11.6 Å². The number of aromatic nitrogens is 1. The summed E-state index contributed by atoms with van der Waals surface area (Å²) in [5.74, 6) is 0. The van der Waals surface area contributed by atoms with E-state index in [9.17, 15) is 0 Å². The van der Waals surface area contributed by atoms with Gasteiger partial charge in [0, 0.05) is 16.9 Å². The molecule has 0 aliphatic heterocycles. The molecule has 88 valence electrons. The molecule has 0 amide bonds. The first-order chi connectivity index (χ1) is 8.22. The molecule has 1 aromatic carbocycles. The summed E-state index contributed by atoms with van der Waals surface area (Å²) < 4.78 is 0. The van der Waals surface area contributed by atoms with Crippen molar-refractivity contribution in [2.45, 2.75) is 13.0 Å². The molecule has 1 N–H and O–H groups in total. The number of aryl methyl sites for hydroxylation is 1. The monoisotopic (exact) mass is 246 g/mol. The molecule has 3 heteroatoms. The van der Waals surface area contributed by atoms with Crippen molar-refractivity contribution in [3.63, 3.8) is 0 Å². The van der Waals surface area contributed by atoms with Gasteiger partial charge in [-0.1, -0.05) is 29.8 Å². The lowest BCUT2D eigenvalue weighted by atomic mass is 9.98. The third kappa shape index (κ3) is 2.65. The van der Waals surface area contributed by atoms with E-state index in [1.807, 2.05) is 50.5 Å². The van der Waals surface area contributed by atoms with E-state index in [0.717, 1.165) is 10.7 Å². The van der Waals surface area contributed by atoms with Gasteiger partial charge < -0.3 is 5.32 Å². The minimum atomic E-state index is 0.154. The van der Waals surface area contributed by atoms with Crippen LogP contribution in [0.25, 0.3) is 0 Å². The summed E-state index contributed by atoms with van der Waals surface area (Å²) in [5, 5.41) is 4.07. The topological polar surface area (TPSA) is 24.9 Å². The summed E-state index contributed by atoms with van der Waals surface area (Å²) >= 11 is 5.90. The van der Waals surface area contributed by atoms with E-state index >= 15 is 0 Å². The summed E-state index contributed by atoms with van der Waals surface area (Å²) in [6.07, 6.45) is 1.81. The number of nitrogens with one attached hydrogen (secondary N) is 1. The molecule has 0 radical (unpaired) electrons. The fraction of sp³-hybridized carbons (Fsp3) is 0.214. The van der Waals surface area contributed by atoms with E-state index in [1.165, 1.54) is 11.1 Å². The van der Waals surface area contributed by atoms with Gasteiger partial charge in [-0.25, -0.2) is 0 Å². The van der Waals surface area contributed by atoms with Crippen molar-refractivity contribution >= 4 is 11.6 Å². The number of benzene rings is 1. The largest absolute Gasteiger partial charge is 0.309 e. The first-order valence-corrected chi connectivity index (χ1v) is 5.94. The predicted octanol–water partition coefficient (Wildman–Crippen LogP) is 3.35. The van der Waals surface area contributed by atoms with Crippen LogP contribution in [0.3, 0.4) is 0 Å². The molecular weight excluding hydrogens is 232 g/mol. The van der Waals surface area contributed by atoms with Gasteiger partial charge in [-0.3, -0.25) is 4.98 Å². The first kappa shape index (κ1) is 12.1. The van der Waals surface area contributed by atoms with Crippen LogP contribution >= 0.6 is 11.6 Å². The van der Waals surface area contributed by atoms with Crippen molar-refractivity contribution < 1.29 is 0 Å². The molecule has 1 heterocycles. The Kier molecular flexibility index (Phi) is 3.77. The Morgan fingerprint density at radius 3 is 2.47 bits per heavy atom. The Balaban J connectivity index is 2.40. The average molecular weight is 247 g/mol. The molecule has 0 bridgehead atoms. The van der Waals surface area contributed by atoms with Gasteiger partial charge in [0.05, 0.1) is 6.04 Å². The van der Waals surface area contributed by atoms with Crippen molar-refractivity contribution in [1.29, 1.82) is 0 Å². The minimum Gasteiger partial charge on any atom is -0.309 e. The lowest BCUT2D eigenvalue weighted by molar-refractivity contribution is 0.683. The van der Waals surface area contributed by atoms with Crippen molar-refractivity contribution in [3.8, 4) is 0 Å². The zero-order chi connectivity index (χ0) is 12.3. The van der Waals surface area contributed by atoms with Gasteiger partial charge in [0.15, 0.2) is 0 Å². The fourth-order valence-electron chi connectivity index (χ4n) is 1.96. The van der Waals surface area contributed by atoms with E-state index in [0.29, 0.717) is 0 Å². The zero-order valence-electron chi connectivity index (χ0n) is 9.94. The lowest BCUT2D eigenvalue weighted by Gasteiger charge is -2.18. The maximum Gasteiger partial charge on any atom is 0.0592 e. The summed E-state index contributed by atoms with van der Waals surface area (Å²) in [6, 6.07) is 12.1. The van der Waals surface area contributed by atoms with Gasteiger partial charge in [-0.2, -0.15) is 0 Å². The maximum atomic E-state index is 5.90. The predicted molar refractivity (Wildman–Crippen MR) is 71.3 cm³/mol. The number of hydrogen-bond donors (Lipinski definition) is 1. The standard InChI is InChI=1S/C14H15ClN2/c1-10-13(4-3-9-17-10)14(16-2)11-5-7-12(15)8-6-11/h3-9,14,16H,1-2H3. The number of rotatable bonds is 3. The SMILES string of the molecule is CNC(c1ccc(Cl)cc1)c1cccnc1C. The molecule has 0 spiro atoms. The number of pyridine rings is 1. The Bertz CT molecular complexity index is 494. The van der Waals surface area contributed by atoms with Gasteiger partial charge in [-0.15, -0.1) is 0 Å². The fourth-order valence-corrected chi connectivity index (χ4v) is 2.08. The zero-order valence-corrected chi connectivity index (χ0v) is 10.7. The Hall–Kier alpha value is -1.38. The van der Waals surface area contributed by atoms with E-state index in [-0.39, 0.29) is 6.04 Å². The van der Waals surface area contributed by atoms with Gasteiger partial charge >= 0.3 is 0 Å². The second-order valence-corrected chi connectivity index (χ2v) is 4.39. The second kappa shape index (κ2) is 5.30. The van der Waals surface area contributed by atoms with Crippen molar-refractivity contribution in [1.82, 2.24) is 10.3 Å². The lowest BCUT2D eigenvalue weighted by Crippen LogP contribution is -2.18. The van der Waals surface area contributed by atoms with E-state index in [1.54, 1.807) is 0 Å². The molecule has 2 aromatic rings. The van der Waals surface area contributed by atoms with Crippen LogP contribution in [0.15, 0.2) is 42.6 Å². The van der Waals surface area contributed by atoms with Crippen molar-refractivity contribution in [2.75, 3.05) is 7.05 Å². The molecule has 1 unspecified atom stereocenters. The molecular formula is C14H15ClN2. The normalized spacial score (nSPS) is 12.4. The molecule has 0 fully saturated rings. The maximum absolute atomic E-state index is 5.90. The smallest absolute Gasteiger partial charge is 0.0592 e. The van der Waals surface area contributed by atoms with Crippen LogP contribution in [0.1, 0.15) is 22.9 Å². The summed E-state index contributed by atoms with van der Waals surface area (Å²) in [6.45, 7) is 2.02. The van der Waals surface area contributed by atoms with Crippen molar-refractivity contribution in [3.05, 3.63) is 64.4 Å². The summed E-state index contributed by atoms with van der Waals surface area (Å²) in [5.41, 5.74) is 3.42. The number of halogens is 1. The highest BCUT2D eigenvalue weighted by Gasteiger charge is 2.13. The quantitative estimate of drug-likeness (QED) is 0.899. The van der Waals surface area contributed by atoms with E-state index in [2.05, 4.69) is 16.4 Å². The van der Waals surface area contributed by atoms with Crippen LogP contribution in [0.2, 0.25) is 5.02 Å². The van der Waals surface area contributed by atoms with Crippen LogP contribution < -0.4 is 5.32 Å². The van der Waals surface area contributed by atoms with Crippen molar-refractivity contribution in [2.24, 2.45) is 0 Å². The molecule has 0 aliphatic carbocycles. The highest BCUT2D eigenvalue weighted by atomic mass is 35.5. The van der Waals surface area contributed by atoms with Gasteiger partial charge in [0.1, 0.15) is 0 Å². The third-order valence-electron chi connectivity index (χ3n) is 2.85. The average Bonchev–Trinajstić information content (AvgIpc) is 2.35. The summed E-state index contributed by atoms with van der Waals surface area (Å²) in [4.78, 5) is 4.32. The highest BCUT2D eigenvalue weighted by Crippen LogP contribution is 2.24. The third-order valence-corrected chi connectivity index (χ3v) is 3.10. The van der Waals surface area contributed by atoms with Crippen LogP contribution in [-0.4, -0.2) is 12.0 Å². The molecule has 1 aromatic heterocycles. The summed E-state index contributed by atoms with van der Waals surface area (Å²) in [7, 11) is 1.95. The molecule has 17 heavy (non-hydrogen) atoms. The Labute approximate surface area is 107 Å². The molecule has 1 atom stereocenters. The minimum absolute atomic E-state index is 0.154. The van der Waals surface area contributed by atoms with Crippen LogP contribution in [0, 0.1) is 6.92 Å². The Morgan fingerprint density at radius 2 is 1.88 bits per heavy atom. The molecule has 0 aliphatic rings. The van der Waals surface area contributed by atoms with Gasteiger partial charge in [0.25, 0.3) is 0 Å². The van der Waals surface area contributed by atoms with E-state index < -0.39 is 0 Å². The molecule has 2 rings (SSSR count). The van der Waals surface area contributed by atoms with Crippen LogP contribution in [-0.2, 0) is 0 Å². The first-order valence-electron chi connectivity index (χ1n) is 5.56.